The summed E-state index contributed by atoms with van der Waals surface area (Å²) in [6.07, 6.45) is 4.04. The van der Waals surface area contributed by atoms with E-state index in [4.69, 9.17) is 5.11 Å². The van der Waals surface area contributed by atoms with Gasteiger partial charge >= 0.3 is 5.97 Å². The first-order valence-corrected chi connectivity index (χ1v) is 9.54. The lowest BCUT2D eigenvalue weighted by Crippen LogP contribution is -2.17. The van der Waals surface area contributed by atoms with E-state index < -0.39 is 5.97 Å². The lowest BCUT2D eigenvalue weighted by molar-refractivity contribution is -0.133. The van der Waals surface area contributed by atoms with Crippen LogP contribution in [-0.4, -0.2) is 42.9 Å². The maximum atomic E-state index is 10.8. The first kappa shape index (κ1) is 15.2. The Balaban J connectivity index is 2.03. The summed E-state index contributed by atoms with van der Waals surface area (Å²) in [6.45, 7) is 0. The number of aromatic nitrogens is 3. The third-order valence-corrected chi connectivity index (χ3v) is 5.86. The van der Waals surface area contributed by atoms with Gasteiger partial charge in [0.15, 0.2) is 10.8 Å². The lowest BCUT2D eigenvalue weighted by atomic mass is 10.2. The Hall–Kier alpha value is -0.730. The Labute approximate surface area is 139 Å². The van der Waals surface area contributed by atoms with E-state index in [2.05, 4.69) is 30.5 Å². The van der Waals surface area contributed by atoms with Gasteiger partial charge in [0.2, 0.25) is 0 Å². The van der Waals surface area contributed by atoms with Crippen molar-refractivity contribution in [2.75, 3.05) is 17.3 Å². The predicted octanol–water partition coefficient (Wildman–Crippen LogP) is 3.44. The molecule has 1 atom stereocenters. The standard InChI is InChI=1S/C13H14BrN3O2S2/c14-8-4-10-12(15-5-8)17(9-2-1-3-20-6-9)13(16-10)21-7-11(18)19/h4-5,9H,1-3,6-7H2,(H,18,19). The molecule has 112 valence electrons. The van der Waals surface area contributed by atoms with Crippen molar-refractivity contribution in [2.45, 2.75) is 24.0 Å². The van der Waals surface area contributed by atoms with Gasteiger partial charge in [-0.25, -0.2) is 9.97 Å². The maximum Gasteiger partial charge on any atom is 0.313 e. The molecule has 0 radical (unpaired) electrons. The van der Waals surface area contributed by atoms with Gasteiger partial charge in [0.1, 0.15) is 5.52 Å². The quantitative estimate of drug-likeness (QED) is 0.810. The number of hydrogen-bond donors (Lipinski definition) is 1. The van der Waals surface area contributed by atoms with E-state index in [0.717, 1.165) is 33.0 Å². The molecule has 1 unspecified atom stereocenters. The number of pyridine rings is 1. The number of carboxylic acid groups (broad SMARTS) is 1. The number of carbonyl (C=O) groups is 1. The number of imidazole rings is 1. The van der Waals surface area contributed by atoms with E-state index in [-0.39, 0.29) is 5.75 Å². The fourth-order valence-electron chi connectivity index (χ4n) is 2.42. The van der Waals surface area contributed by atoms with Crippen LogP contribution in [0.5, 0.6) is 0 Å². The number of thioether (sulfide) groups is 2. The number of aliphatic carboxylic acids is 1. The minimum Gasteiger partial charge on any atom is -0.481 e. The van der Waals surface area contributed by atoms with Crippen molar-refractivity contribution in [2.24, 2.45) is 0 Å². The number of hydrogen-bond acceptors (Lipinski definition) is 5. The number of fused-ring (bicyclic) bond motifs is 1. The van der Waals surface area contributed by atoms with Crippen LogP contribution < -0.4 is 0 Å². The van der Waals surface area contributed by atoms with Gasteiger partial charge in [-0.05, 0) is 40.6 Å². The minimum atomic E-state index is -0.828. The second-order valence-electron chi connectivity index (χ2n) is 4.81. The van der Waals surface area contributed by atoms with Crippen LogP contribution in [0.15, 0.2) is 21.9 Å². The molecule has 1 aliphatic heterocycles. The Morgan fingerprint density at radius 3 is 3.19 bits per heavy atom. The first-order chi connectivity index (χ1) is 10.1. The van der Waals surface area contributed by atoms with E-state index in [1.54, 1.807) is 6.20 Å². The highest BCUT2D eigenvalue weighted by Crippen LogP contribution is 2.34. The minimum absolute atomic E-state index is 0.0182. The Kier molecular flexibility index (Phi) is 4.75. The Morgan fingerprint density at radius 2 is 2.48 bits per heavy atom. The van der Waals surface area contributed by atoms with E-state index in [9.17, 15) is 4.79 Å². The molecule has 8 heteroatoms. The van der Waals surface area contributed by atoms with E-state index >= 15 is 0 Å². The van der Waals surface area contributed by atoms with Crippen molar-refractivity contribution < 1.29 is 9.90 Å². The molecule has 1 aliphatic rings. The third-order valence-electron chi connectivity index (χ3n) is 3.29. The van der Waals surface area contributed by atoms with Crippen molar-refractivity contribution in [3.63, 3.8) is 0 Å². The Bertz CT molecular complexity index is 671. The van der Waals surface area contributed by atoms with Gasteiger partial charge < -0.3 is 5.11 Å². The van der Waals surface area contributed by atoms with Crippen molar-refractivity contribution in [1.29, 1.82) is 0 Å². The van der Waals surface area contributed by atoms with E-state index in [1.165, 1.54) is 23.9 Å². The smallest absolute Gasteiger partial charge is 0.313 e. The second-order valence-corrected chi connectivity index (χ2v) is 7.82. The van der Waals surface area contributed by atoms with Crippen LogP contribution in [0.4, 0.5) is 0 Å². The molecule has 1 fully saturated rings. The van der Waals surface area contributed by atoms with E-state index in [1.807, 2.05) is 17.8 Å². The average molecular weight is 388 g/mol. The molecule has 1 saturated heterocycles. The molecule has 21 heavy (non-hydrogen) atoms. The summed E-state index contributed by atoms with van der Waals surface area (Å²) >= 11 is 6.61. The molecular weight excluding hydrogens is 374 g/mol. The average Bonchev–Trinajstić information content (AvgIpc) is 2.83. The summed E-state index contributed by atoms with van der Waals surface area (Å²) in [5, 5.41) is 9.66. The fraction of sp³-hybridized carbons (Fsp3) is 0.462. The van der Waals surface area contributed by atoms with Gasteiger partial charge in [-0.15, -0.1) is 0 Å². The normalized spacial score (nSPS) is 19.0. The summed E-state index contributed by atoms with van der Waals surface area (Å²) in [5.74, 6) is 1.42. The molecule has 0 aromatic carbocycles. The highest BCUT2D eigenvalue weighted by atomic mass is 79.9. The lowest BCUT2D eigenvalue weighted by Gasteiger charge is -2.24. The van der Waals surface area contributed by atoms with Crippen LogP contribution in [-0.2, 0) is 4.79 Å². The first-order valence-electron chi connectivity index (χ1n) is 6.61. The fourth-order valence-corrected chi connectivity index (χ4v) is 4.66. The van der Waals surface area contributed by atoms with Gasteiger partial charge in [0, 0.05) is 22.5 Å². The summed E-state index contributed by atoms with van der Waals surface area (Å²) in [5.41, 5.74) is 1.66. The molecule has 3 rings (SSSR count). The van der Waals surface area contributed by atoms with Crippen molar-refractivity contribution in [3.05, 3.63) is 16.7 Å². The van der Waals surface area contributed by atoms with Crippen molar-refractivity contribution in [1.82, 2.24) is 14.5 Å². The molecule has 0 saturated carbocycles. The molecule has 5 nitrogen and oxygen atoms in total. The van der Waals surface area contributed by atoms with Crippen LogP contribution in [0.25, 0.3) is 11.2 Å². The molecule has 2 aromatic heterocycles. The zero-order chi connectivity index (χ0) is 14.8. The number of carboxylic acids is 1. The molecule has 0 amide bonds. The zero-order valence-corrected chi connectivity index (χ0v) is 14.4. The molecule has 1 N–H and O–H groups in total. The topological polar surface area (TPSA) is 68.0 Å². The monoisotopic (exact) mass is 387 g/mol. The second kappa shape index (κ2) is 6.58. The highest BCUT2D eigenvalue weighted by Gasteiger charge is 2.23. The van der Waals surface area contributed by atoms with Crippen LogP contribution in [0.3, 0.4) is 0 Å². The summed E-state index contributed by atoms with van der Waals surface area (Å²) in [4.78, 5) is 19.9. The van der Waals surface area contributed by atoms with Crippen molar-refractivity contribution in [3.8, 4) is 0 Å². The van der Waals surface area contributed by atoms with Crippen LogP contribution in [0.1, 0.15) is 18.9 Å². The van der Waals surface area contributed by atoms with Gasteiger partial charge in [0.25, 0.3) is 0 Å². The van der Waals surface area contributed by atoms with E-state index in [0.29, 0.717) is 6.04 Å². The van der Waals surface area contributed by atoms with Crippen LogP contribution >= 0.6 is 39.5 Å². The summed E-state index contributed by atoms with van der Waals surface area (Å²) in [7, 11) is 0. The molecule has 0 aliphatic carbocycles. The van der Waals surface area contributed by atoms with Gasteiger partial charge in [-0.1, -0.05) is 11.8 Å². The molecule has 3 heterocycles. The molecular formula is C13H14BrN3O2S2. The van der Waals surface area contributed by atoms with Gasteiger partial charge in [-0.3, -0.25) is 9.36 Å². The predicted molar refractivity (Wildman–Crippen MR) is 89.2 cm³/mol. The molecule has 2 aromatic rings. The SMILES string of the molecule is O=C(O)CSc1nc2cc(Br)cnc2n1C1CCCSC1. The third kappa shape index (κ3) is 3.37. The van der Waals surface area contributed by atoms with Gasteiger partial charge in [0.05, 0.1) is 5.75 Å². The van der Waals surface area contributed by atoms with Crippen molar-refractivity contribution >= 4 is 56.6 Å². The highest BCUT2D eigenvalue weighted by molar-refractivity contribution is 9.10. The Morgan fingerprint density at radius 1 is 1.62 bits per heavy atom. The van der Waals surface area contributed by atoms with Crippen LogP contribution in [0, 0.1) is 0 Å². The number of nitrogens with zero attached hydrogens (tertiary/aromatic N) is 3. The molecule has 0 bridgehead atoms. The van der Waals surface area contributed by atoms with Gasteiger partial charge in [-0.2, -0.15) is 11.8 Å². The summed E-state index contributed by atoms with van der Waals surface area (Å²) in [6, 6.07) is 2.28. The number of rotatable bonds is 4. The van der Waals surface area contributed by atoms with Crippen LogP contribution in [0.2, 0.25) is 0 Å². The maximum absolute atomic E-state index is 10.8. The molecule has 0 spiro atoms. The zero-order valence-electron chi connectivity index (χ0n) is 11.2. The summed E-state index contributed by atoms with van der Waals surface area (Å²) < 4.78 is 3.01. The number of halogens is 1. The largest absolute Gasteiger partial charge is 0.481 e.